The number of oxime groups is 1. The number of ketones is 1. The number of hydrogen-bond acceptors (Lipinski definition) is 4. The third kappa shape index (κ3) is 3.29. The maximum Gasteiger partial charge on any atom is 0.141 e. The lowest BCUT2D eigenvalue weighted by Gasteiger charge is -2.60. The molecule has 0 aromatic heterocycles. The van der Waals surface area contributed by atoms with Crippen molar-refractivity contribution in [1.29, 1.82) is 0 Å². The van der Waals surface area contributed by atoms with E-state index < -0.39 is 0 Å². The molecule has 7 atom stereocenters. The fourth-order valence-corrected chi connectivity index (χ4v) is 7.77. The van der Waals surface area contributed by atoms with Crippen LogP contribution in [0.1, 0.15) is 71.6 Å². The van der Waals surface area contributed by atoms with Crippen LogP contribution in [0.5, 0.6) is 0 Å². The van der Waals surface area contributed by atoms with E-state index in [2.05, 4.69) is 30.9 Å². The molecule has 5 heteroatoms. The lowest BCUT2D eigenvalue weighted by Crippen LogP contribution is -2.54. The second kappa shape index (κ2) is 7.67. The summed E-state index contributed by atoms with van der Waals surface area (Å²) in [5.74, 6) is 3.06. The first kappa shape index (κ1) is 21.4. The van der Waals surface area contributed by atoms with Gasteiger partial charge in [0.2, 0.25) is 0 Å². The summed E-state index contributed by atoms with van der Waals surface area (Å²) in [7, 11) is 0. The smallest absolute Gasteiger partial charge is 0.141 e. The Morgan fingerprint density at radius 3 is 2.69 bits per heavy atom. The largest absolute Gasteiger partial charge is 0.391 e. The minimum Gasteiger partial charge on any atom is -0.391 e. The first-order valence-electron chi connectivity index (χ1n) is 11.5. The van der Waals surface area contributed by atoms with Gasteiger partial charge in [0.15, 0.2) is 0 Å². The van der Waals surface area contributed by atoms with Crippen molar-refractivity contribution in [1.82, 2.24) is 5.32 Å². The van der Waals surface area contributed by atoms with E-state index in [4.69, 9.17) is 4.84 Å². The van der Waals surface area contributed by atoms with E-state index in [0.29, 0.717) is 29.0 Å². The van der Waals surface area contributed by atoms with Crippen LogP contribution in [-0.4, -0.2) is 30.7 Å². The second-order valence-electron chi connectivity index (χ2n) is 10.8. The molecule has 29 heavy (non-hydrogen) atoms. The molecular weight excluding hydrogens is 384 g/mol. The maximum atomic E-state index is 12.6. The first-order chi connectivity index (χ1) is 13.4. The summed E-state index contributed by atoms with van der Waals surface area (Å²) in [4.78, 5) is 18.5. The van der Waals surface area contributed by atoms with E-state index in [-0.39, 0.29) is 23.9 Å². The van der Waals surface area contributed by atoms with Crippen molar-refractivity contribution in [2.24, 2.45) is 39.7 Å². The van der Waals surface area contributed by atoms with E-state index in [1.165, 1.54) is 24.1 Å². The molecule has 5 aliphatic rings. The van der Waals surface area contributed by atoms with Gasteiger partial charge < -0.3 is 10.2 Å². The Bertz CT molecular complexity index is 716. The molecule has 1 saturated heterocycles. The molecule has 0 radical (unpaired) electrons. The van der Waals surface area contributed by atoms with Gasteiger partial charge in [-0.2, -0.15) is 0 Å². The number of nitrogens with zero attached hydrogens (tertiary/aromatic N) is 1. The summed E-state index contributed by atoms with van der Waals surface area (Å²) >= 11 is 0. The Labute approximate surface area is 181 Å². The van der Waals surface area contributed by atoms with Crippen LogP contribution >= 0.6 is 12.4 Å². The van der Waals surface area contributed by atoms with E-state index in [1.54, 1.807) is 0 Å². The van der Waals surface area contributed by atoms with Crippen molar-refractivity contribution in [3.8, 4) is 0 Å². The van der Waals surface area contributed by atoms with Crippen LogP contribution in [0.3, 0.4) is 0 Å². The molecule has 0 spiro atoms. The number of fused-ring (bicyclic) bond motifs is 5. The number of halogens is 1. The zero-order valence-electron chi connectivity index (χ0n) is 18.0. The second-order valence-corrected chi connectivity index (χ2v) is 10.8. The third-order valence-corrected chi connectivity index (χ3v) is 9.52. The SMILES string of the molecule is C=C1C[C@@H]2[C@H](CC[C@]3(C)C(=O)CC[C@@H]23)[C@@]2(C)CCC(=NO[C@@H]3CCNC3)CC12.Cl. The number of carbonyl (C=O) groups excluding carboxylic acids is 1. The van der Waals surface area contributed by atoms with Crippen LogP contribution in [0.2, 0.25) is 0 Å². The lowest BCUT2D eigenvalue weighted by atomic mass is 9.44. The summed E-state index contributed by atoms with van der Waals surface area (Å²) in [5, 5.41) is 7.93. The predicted octanol–water partition coefficient (Wildman–Crippen LogP) is 4.92. The topological polar surface area (TPSA) is 50.7 Å². The molecule has 0 aromatic rings. The zero-order chi connectivity index (χ0) is 19.5. The highest BCUT2D eigenvalue weighted by atomic mass is 35.5. The molecule has 5 rings (SSSR count). The Kier molecular flexibility index (Phi) is 5.65. The van der Waals surface area contributed by atoms with E-state index in [1.807, 2.05) is 0 Å². The summed E-state index contributed by atoms with van der Waals surface area (Å²) in [5.41, 5.74) is 2.93. The summed E-state index contributed by atoms with van der Waals surface area (Å²) in [6.45, 7) is 11.3. The number of hydrogen-bond donors (Lipinski definition) is 1. The van der Waals surface area contributed by atoms with Crippen molar-refractivity contribution in [2.75, 3.05) is 13.1 Å². The Morgan fingerprint density at radius 2 is 1.93 bits per heavy atom. The molecule has 162 valence electrons. The first-order valence-corrected chi connectivity index (χ1v) is 11.5. The monoisotopic (exact) mass is 420 g/mol. The van der Waals surface area contributed by atoms with Crippen molar-refractivity contribution in [3.63, 3.8) is 0 Å². The molecule has 4 saturated carbocycles. The van der Waals surface area contributed by atoms with Crippen LogP contribution in [0.4, 0.5) is 0 Å². The third-order valence-electron chi connectivity index (χ3n) is 9.52. The van der Waals surface area contributed by atoms with Crippen LogP contribution < -0.4 is 5.32 Å². The van der Waals surface area contributed by atoms with Gasteiger partial charge in [-0.05, 0) is 80.6 Å². The molecule has 4 nitrogen and oxygen atoms in total. The van der Waals surface area contributed by atoms with Gasteiger partial charge in [0.25, 0.3) is 0 Å². The van der Waals surface area contributed by atoms with Crippen molar-refractivity contribution >= 4 is 23.9 Å². The van der Waals surface area contributed by atoms with Gasteiger partial charge >= 0.3 is 0 Å². The van der Waals surface area contributed by atoms with Gasteiger partial charge in [0, 0.05) is 24.8 Å². The summed E-state index contributed by atoms with van der Waals surface area (Å²) < 4.78 is 0. The quantitative estimate of drug-likeness (QED) is 0.509. The molecule has 1 aliphatic heterocycles. The standard InChI is InChI=1S/C24H36N2O2.ClH/c1-15-12-18-19-4-5-22(27)24(19,3)10-7-20(18)23(2)9-6-16(13-21(15)23)26-28-17-8-11-25-14-17;/h17-21,25H,1,4-14H2,2-3H3;1H/t17-,18+,19+,20+,21?,23-,24+;/m1./s1. The maximum absolute atomic E-state index is 12.6. The molecule has 5 fully saturated rings. The van der Waals surface area contributed by atoms with Gasteiger partial charge in [0.05, 0.1) is 5.71 Å². The Morgan fingerprint density at radius 1 is 1.10 bits per heavy atom. The average Bonchev–Trinajstić information content (AvgIpc) is 3.29. The van der Waals surface area contributed by atoms with Crippen LogP contribution in [0.15, 0.2) is 17.3 Å². The lowest BCUT2D eigenvalue weighted by molar-refractivity contribution is -0.134. The number of allylic oxidation sites excluding steroid dienone is 1. The molecule has 1 N–H and O–H groups in total. The number of Topliss-reactive ketones (excluding diaryl/α,β-unsaturated/α-hetero) is 1. The molecule has 1 unspecified atom stereocenters. The van der Waals surface area contributed by atoms with Crippen molar-refractivity contribution in [3.05, 3.63) is 12.2 Å². The van der Waals surface area contributed by atoms with Gasteiger partial charge in [0.1, 0.15) is 11.9 Å². The van der Waals surface area contributed by atoms with E-state index >= 15 is 0 Å². The minimum absolute atomic E-state index is 0. The summed E-state index contributed by atoms with van der Waals surface area (Å²) in [6, 6.07) is 0. The zero-order valence-corrected chi connectivity index (χ0v) is 18.9. The average molecular weight is 421 g/mol. The van der Waals surface area contributed by atoms with Gasteiger partial charge in [-0.3, -0.25) is 4.79 Å². The Balaban J connectivity index is 0.00000205. The van der Waals surface area contributed by atoms with Crippen molar-refractivity contribution < 1.29 is 9.63 Å². The van der Waals surface area contributed by atoms with Gasteiger partial charge in [-0.15, -0.1) is 12.4 Å². The highest BCUT2D eigenvalue weighted by Gasteiger charge is 2.60. The predicted molar refractivity (Wildman–Crippen MR) is 118 cm³/mol. The molecule has 0 aromatic carbocycles. The van der Waals surface area contributed by atoms with Crippen LogP contribution in [0.25, 0.3) is 0 Å². The molecule has 1 heterocycles. The van der Waals surface area contributed by atoms with Crippen molar-refractivity contribution in [2.45, 2.75) is 77.7 Å². The van der Waals surface area contributed by atoms with E-state index in [9.17, 15) is 4.79 Å². The normalized spacial score (nSPS) is 47.9. The minimum atomic E-state index is -0.0465. The molecular formula is C24H37ClN2O2. The highest BCUT2D eigenvalue weighted by Crippen LogP contribution is 2.66. The van der Waals surface area contributed by atoms with E-state index in [0.717, 1.165) is 64.0 Å². The number of rotatable bonds is 2. The Hall–Kier alpha value is -0.870. The molecule has 0 bridgehead atoms. The van der Waals surface area contributed by atoms with Gasteiger partial charge in [-0.25, -0.2) is 0 Å². The summed E-state index contributed by atoms with van der Waals surface area (Å²) in [6.07, 6.45) is 9.96. The van der Waals surface area contributed by atoms with Crippen LogP contribution in [0, 0.1) is 34.5 Å². The highest BCUT2D eigenvalue weighted by molar-refractivity contribution is 5.87. The fraction of sp³-hybridized carbons (Fsp3) is 0.833. The fourth-order valence-electron chi connectivity index (χ4n) is 7.77. The molecule has 0 amide bonds. The number of carbonyl (C=O) groups is 1. The number of nitrogens with one attached hydrogen (secondary N) is 1. The molecule has 4 aliphatic carbocycles. The van der Waals surface area contributed by atoms with Gasteiger partial charge in [-0.1, -0.05) is 31.2 Å². The van der Waals surface area contributed by atoms with Crippen LogP contribution in [-0.2, 0) is 9.63 Å².